The number of amides is 1. The SMILES string of the molecule is COc1cccc(NC(=O)c2cc(S(=O)(=O)N3CCCCC3)cn2C)c1. The zero-order chi connectivity index (χ0) is 18.7. The van der Waals surface area contributed by atoms with Crippen molar-refractivity contribution in [2.75, 3.05) is 25.5 Å². The predicted molar refractivity (Wildman–Crippen MR) is 99.0 cm³/mol. The second-order valence-corrected chi connectivity index (χ2v) is 8.26. The molecule has 1 N–H and O–H groups in total. The number of rotatable bonds is 5. The van der Waals surface area contributed by atoms with Crippen LogP contribution in [0.2, 0.25) is 0 Å². The minimum atomic E-state index is -3.57. The third kappa shape index (κ3) is 3.76. The lowest BCUT2D eigenvalue weighted by molar-refractivity contribution is 0.101. The number of benzene rings is 1. The standard InChI is InChI=1S/C18H23N3O4S/c1-20-13-16(26(23,24)21-9-4-3-5-10-21)12-17(20)18(22)19-14-7-6-8-15(11-14)25-2/h6-8,11-13H,3-5,9-10H2,1-2H3,(H,19,22). The highest BCUT2D eigenvalue weighted by Crippen LogP contribution is 2.23. The first kappa shape index (κ1) is 18.5. The molecule has 1 aromatic heterocycles. The zero-order valence-corrected chi connectivity index (χ0v) is 15.8. The van der Waals surface area contributed by atoms with Gasteiger partial charge in [-0.2, -0.15) is 4.31 Å². The Labute approximate surface area is 153 Å². The van der Waals surface area contributed by atoms with Crippen LogP contribution in [0.5, 0.6) is 5.75 Å². The normalized spacial score (nSPS) is 15.6. The van der Waals surface area contributed by atoms with Gasteiger partial charge in [0.2, 0.25) is 10.0 Å². The van der Waals surface area contributed by atoms with Crippen LogP contribution in [0.15, 0.2) is 41.4 Å². The van der Waals surface area contributed by atoms with E-state index in [1.54, 1.807) is 38.4 Å². The van der Waals surface area contributed by atoms with Crippen molar-refractivity contribution in [2.45, 2.75) is 24.2 Å². The summed E-state index contributed by atoms with van der Waals surface area (Å²) in [6.07, 6.45) is 4.28. The van der Waals surface area contributed by atoms with E-state index < -0.39 is 10.0 Å². The van der Waals surface area contributed by atoms with Gasteiger partial charge < -0.3 is 14.6 Å². The highest BCUT2D eigenvalue weighted by atomic mass is 32.2. The summed E-state index contributed by atoms with van der Waals surface area (Å²) in [4.78, 5) is 12.7. The first-order valence-corrected chi connectivity index (χ1v) is 9.98. The molecular weight excluding hydrogens is 354 g/mol. The fourth-order valence-electron chi connectivity index (χ4n) is 3.05. The molecule has 0 unspecified atom stereocenters. The lowest BCUT2D eigenvalue weighted by atomic mass is 10.2. The number of nitrogens with zero attached hydrogens (tertiary/aromatic N) is 2. The Hall–Kier alpha value is -2.32. The van der Waals surface area contributed by atoms with Crippen LogP contribution in [0.25, 0.3) is 0 Å². The van der Waals surface area contributed by atoms with E-state index in [1.807, 2.05) is 0 Å². The van der Waals surface area contributed by atoms with E-state index in [4.69, 9.17) is 4.74 Å². The summed E-state index contributed by atoms with van der Waals surface area (Å²) in [7, 11) is -0.354. The third-order valence-electron chi connectivity index (χ3n) is 4.49. The minimum absolute atomic E-state index is 0.151. The van der Waals surface area contributed by atoms with Gasteiger partial charge in [0.05, 0.1) is 7.11 Å². The molecular formula is C18H23N3O4S. The smallest absolute Gasteiger partial charge is 0.272 e. The van der Waals surface area contributed by atoms with Crippen molar-refractivity contribution >= 4 is 21.6 Å². The minimum Gasteiger partial charge on any atom is -0.497 e. The Morgan fingerprint density at radius 2 is 1.88 bits per heavy atom. The number of carbonyl (C=O) groups excluding carboxylic acids is 1. The average molecular weight is 377 g/mol. The van der Waals surface area contributed by atoms with Gasteiger partial charge in [-0.3, -0.25) is 4.79 Å². The van der Waals surface area contributed by atoms with Gasteiger partial charge in [-0.05, 0) is 31.0 Å². The molecule has 140 valence electrons. The zero-order valence-electron chi connectivity index (χ0n) is 14.9. The largest absolute Gasteiger partial charge is 0.497 e. The van der Waals surface area contributed by atoms with Gasteiger partial charge in [-0.1, -0.05) is 12.5 Å². The van der Waals surface area contributed by atoms with E-state index in [0.717, 1.165) is 19.3 Å². The molecule has 3 rings (SSSR count). The van der Waals surface area contributed by atoms with E-state index >= 15 is 0 Å². The molecule has 1 aliphatic rings. The topological polar surface area (TPSA) is 80.6 Å². The summed E-state index contributed by atoms with van der Waals surface area (Å²) < 4.78 is 33.7. The molecule has 1 amide bonds. The number of piperidine rings is 1. The van der Waals surface area contributed by atoms with Crippen LogP contribution in [0, 0.1) is 0 Å². The Kier molecular flexibility index (Phi) is 5.33. The number of hydrogen-bond acceptors (Lipinski definition) is 4. The molecule has 0 saturated carbocycles. The van der Waals surface area contributed by atoms with Crippen molar-refractivity contribution in [3.63, 3.8) is 0 Å². The molecule has 1 aromatic carbocycles. The predicted octanol–water partition coefficient (Wildman–Crippen LogP) is 2.46. The Morgan fingerprint density at radius 3 is 2.58 bits per heavy atom. The number of hydrogen-bond donors (Lipinski definition) is 1. The first-order chi connectivity index (χ1) is 12.4. The molecule has 0 radical (unpaired) electrons. The molecule has 0 aliphatic carbocycles. The lowest BCUT2D eigenvalue weighted by Crippen LogP contribution is -2.35. The Morgan fingerprint density at radius 1 is 1.15 bits per heavy atom. The molecule has 1 fully saturated rings. The number of anilines is 1. The van der Waals surface area contributed by atoms with Crippen molar-refractivity contribution in [1.29, 1.82) is 0 Å². The molecule has 8 heteroatoms. The van der Waals surface area contributed by atoms with Gasteiger partial charge in [0.15, 0.2) is 0 Å². The first-order valence-electron chi connectivity index (χ1n) is 8.54. The maximum absolute atomic E-state index is 12.8. The second-order valence-electron chi connectivity index (χ2n) is 6.32. The van der Waals surface area contributed by atoms with Crippen LogP contribution in [0.4, 0.5) is 5.69 Å². The van der Waals surface area contributed by atoms with Crippen LogP contribution in [0.3, 0.4) is 0 Å². The third-order valence-corrected chi connectivity index (χ3v) is 6.36. The summed E-state index contributed by atoms with van der Waals surface area (Å²) in [5, 5.41) is 2.77. The molecule has 0 spiro atoms. The number of aryl methyl sites for hydroxylation is 1. The van der Waals surface area contributed by atoms with E-state index in [2.05, 4.69) is 5.32 Å². The quantitative estimate of drug-likeness (QED) is 0.868. The number of aromatic nitrogens is 1. The fourth-order valence-corrected chi connectivity index (χ4v) is 4.64. The average Bonchev–Trinajstić information content (AvgIpc) is 3.05. The molecule has 2 heterocycles. The van der Waals surface area contributed by atoms with Gasteiger partial charge in [-0.25, -0.2) is 8.42 Å². The van der Waals surface area contributed by atoms with E-state index in [9.17, 15) is 13.2 Å². The van der Waals surface area contributed by atoms with Crippen molar-refractivity contribution < 1.29 is 17.9 Å². The monoisotopic (exact) mass is 377 g/mol. The van der Waals surface area contributed by atoms with Gasteiger partial charge >= 0.3 is 0 Å². The molecule has 7 nitrogen and oxygen atoms in total. The van der Waals surface area contributed by atoms with Crippen LogP contribution in [-0.2, 0) is 17.1 Å². The number of ether oxygens (including phenoxy) is 1. The summed E-state index contributed by atoms with van der Waals surface area (Å²) in [5.41, 5.74) is 0.861. The van der Waals surface area contributed by atoms with Crippen molar-refractivity contribution in [3.8, 4) is 5.75 Å². The highest BCUT2D eigenvalue weighted by Gasteiger charge is 2.28. The maximum atomic E-state index is 12.8. The molecule has 0 bridgehead atoms. The molecule has 1 saturated heterocycles. The van der Waals surface area contributed by atoms with Crippen LogP contribution < -0.4 is 10.1 Å². The van der Waals surface area contributed by atoms with E-state index in [0.29, 0.717) is 24.5 Å². The number of methoxy groups -OCH3 is 1. The fraction of sp³-hybridized carbons (Fsp3) is 0.389. The van der Waals surface area contributed by atoms with Crippen LogP contribution in [0.1, 0.15) is 29.8 Å². The molecule has 0 atom stereocenters. The van der Waals surface area contributed by atoms with E-state index in [-0.39, 0.29) is 16.5 Å². The summed E-state index contributed by atoms with van der Waals surface area (Å²) in [5.74, 6) is 0.254. The van der Waals surface area contributed by atoms with Gasteiger partial charge in [-0.15, -0.1) is 0 Å². The number of sulfonamides is 1. The lowest BCUT2D eigenvalue weighted by Gasteiger charge is -2.25. The van der Waals surface area contributed by atoms with Crippen molar-refractivity contribution in [3.05, 3.63) is 42.2 Å². The Bertz CT molecular complexity index is 899. The van der Waals surface area contributed by atoms with Gasteiger partial charge in [0, 0.05) is 38.1 Å². The van der Waals surface area contributed by atoms with Gasteiger partial charge in [0.1, 0.15) is 16.3 Å². The second kappa shape index (κ2) is 7.51. The summed E-state index contributed by atoms with van der Waals surface area (Å²) in [6, 6.07) is 8.42. The summed E-state index contributed by atoms with van der Waals surface area (Å²) >= 11 is 0. The number of carbonyl (C=O) groups is 1. The summed E-state index contributed by atoms with van der Waals surface area (Å²) in [6.45, 7) is 1.06. The molecule has 1 aliphatic heterocycles. The molecule has 26 heavy (non-hydrogen) atoms. The Balaban J connectivity index is 1.82. The van der Waals surface area contributed by atoms with Crippen LogP contribution >= 0.6 is 0 Å². The van der Waals surface area contributed by atoms with Crippen molar-refractivity contribution in [1.82, 2.24) is 8.87 Å². The van der Waals surface area contributed by atoms with E-state index in [1.165, 1.54) is 21.1 Å². The van der Waals surface area contributed by atoms with Crippen molar-refractivity contribution in [2.24, 2.45) is 7.05 Å². The number of nitrogens with one attached hydrogen (secondary N) is 1. The van der Waals surface area contributed by atoms with Crippen LogP contribution in [-0.4, -0.2) is 43.4 Å². The highest BCUT2D eigenvalue weighted by molar-refractivity contribution is 7.89. The van der Waals surface area contributed by atoms with Gasteiger partial charge in [0.25, 0.3) is 5.91 Å². The molecule has 2 aromatic rings. The maximum Gasteiger partial charge on any atom is 0.272 e.